The molecule has 19 heavy (non-hydrogen) atoms. The highest BCUT2D eigenvalue weighted by molar-refractivity contribution is 14.0. The molecule has 0 aromatic heterocycles. The van der Waals surface area contributed by atoms with Crippen LogP contribution in [0, 0.1) is 0 Å². The maximum atomic E-state index is 5.87. The fourth-order valence-corrected chi connectivity index (χ4v) is 2.39. The molecule has 1 saturated heterocycles. The van der Waals surface area contributed by atoms with Crippen LogP contribution in [-0.2, 0) is 6.54 Å². The Morgan fingerprint density at radius 2 is 1.79 bits per heavy atom. The molecule has 1 aliphatic rings. The molecular weight excluding hydrogens is 375 g/mol. The zero-order valence-corrected chi connectivity index (χ0v) is 13.8. The number of likely N-dealkylation sites (tertiary alicyclic amines) is 1. The van der Waals surface area contributed by atoms with E-state index in [0.717, 1.165) is 37.5 Å². The molecule has 6 heteroatoms. The van der Waals surface area contributed by atoms with Crippen molar-refractivity contribution in [3.05, 3.63) is 34.9 Å². The Bertz CT molecular complexity index is 409. The monoisotopic (exact) mass is 394 g/mol. The number of hydrogen-bond acceptors (Lipinski definition) is 2. The van der Waals surface area contributed by atoms with Gasteiger partial charge in [-0.1, -0.05) is 23.7 Å². The number of piperidine rings is 1. The maximum Gasteiger partial charge on any atom is 0.186 e. The third kappa shape index (κ3) is 5.54. The third-order valence-corrected chi connectivity index (χ3v) is 3.46. The van der Waals surface area contributed by atoms with Crippen LogP contribution in [0.25, 0.3) is 0 Å². The lowest BCUT2D eigenvalue weighted by Crippen LogP contribution is -2.36. The second kappa shape index (κ2) is 7.91. The van der Waals surface area contributed by atoms with Gasteiger partial charge in [-0.3, -0.25) is 9.89 Å². The minimum absolute atomic E-state index is 0. The van der Waals surface area contributed by atoms with Crippen LogP contribution in [0.2, 0.25) is 5.02 Å². The van der Waals surface area contributed by atoms with Gasteiger partial charge in [0.15, 0.2) is 5.96 Å². The van der Waals surface area contributed by atoms with Crippen molar-refractivity contribution in [1.29, 1.82) is 0 Å². The zero-order valence-electron chi connectivity index (χ0n) is 10.8. The lowest BCUT2D eigenvalue weighted by atomic mass is 10.0. The summed E-state index contributed by atoms with van der Waals surface area (Å²) >= 11 is 5.87. The van der Waals surface area contributed by atoms with Crippen LogP contribution in [-0.4, -0.2) is 30.0 Å². The molecule has 2 rings (SSSR count). The van der Waals surface area contributed by atoms with E-state index in [9.17, 15) is 0 Å². The van der Waals surface area contributed by atoms with Crippen LogP contribution in [0.1, 0.15) is 18.4 Å². The van der Waals surface area contributed by atoms with Crippen LogP contribution in [0.3, 0.4) is 0 Å². The first kappa shape index (κ1) is 16.5. The zero-order chi connectivity index (χ0) is 13.0. The summed E-state index contributed by atoms with van der Waals surface area (Å²) < 4.78 is 0. The standard InChI is InChI=1S/C13H19ClN4.HI/c14-11-3-1-10(2-4-11)9-18-7-5-12(6-8-18)17-13(15)16;/h1-4,12H,5-9H2,(H4,15,16,17);1H. The Morgan fingerprint density at radius 1 is 1.21 bits per heavy atom. The number of aliphatic imine (C=N–C) groups is 1. The van der Waals surface area contributed by atoms with Crippen LogP contribution in [0.5, 0.6) is 0 Å². The van der Waals surface area contributed by atoms with Crippen LogP contribution >= 0.6 is 35.6 Å². The molecule has 0 saturated carbocycles. The van der Waals surface area contributed by atoms with Gasteiger partial charge in [0, 0.05) is 24.7 Å². The predicted molar refractivity (Wildman–Crippen MR) is 91.0 cm³/mol. The molecular formula is C13H20ClIN4. The van der Waals surface area contributed by atoms with E-state index >= 15 is 0 Å². The van der Waals surface area contributed by atoms with E-state index in [-0.39, 0.29) is 36.0 Å². The van der Waals surface area contributed by atoms with E-state index in [1.54, 1.807) is 0 Å². The Labute approximate surface area is 136 Å². The minimum Gasteiger partial charge on any atom is -0.370 e. The highest BCUT2D eigenvalue weighted by Gasteiger charge is 2.18. The van der Waals surface area contributed by atoms with E-state index < -0.39 is 0 Å². The maximum absolute atomic E-state index is 5.87. The van der Waals surface area contributed by atoms with E-state index in [1.165, 1.54) is 5.56 Å². The molecule has 106 valence electrons. The summed E-state index contributed by atoms with van der Waals surface area (Å²) in [5.74, 6) is 0.200. The molecule has 4 nitrogen and oxygen atoms in total. The Kier molecular flexibility index (Phi) is 6.88. The van der Waals surface area contributed by atoms with E-state index in [1.807, 2.05) is 12.1 Å². The normalized spacial score (nSPS) is 16.7. The molecule has 0 unspecified atom stereocenters. The van der Waals surface area contributed by atoms with Crippen molar-refractivity contribution < 1.29 is 0 Å². The van der Waals surface area contributed by atoms with Gasteiger partial charge in [0.25, 0.3) is 0 Å². The van der Waals surface area contributed by atoms with Gasteiger partial charge in [0.2, 0.25) is 0 Å². The Morgan fingerprint density at radius 3 is 2.32 bits per heavy atom. The molecule has 1 heterocycles. The molecule has 1 aliphatic heterocycles. The first-order valence-corrected chi connectivity index (χ1v) is 6.57. The van der Waals surface area contributed by atoms with Crippen LogP contribution < -0.4 is 11.5 Å². The number of hydrogen-bond donors (Lipinski definition) is 2. The van der Waals surface area contributed by atoms with Gasteiger partial charge in [-0.05, 0) is 30.5 Å². The van der Waals surface area contributed by atoms with Gasteiger partial charge in [-0.25, -0.2) is 0 Å². The third-order valence-electron chi connectivity index (χ3n) is 3.21. The van der Waals surface area contributed by atoms with Gasteiger partial charge in [-0.15, -0.1) is 24.0 Å². The van der Waals surface area contributed by atoms with Gasteiger partial charge in [0.05, 0.1) is 6.04 Å². The summed E-state index contributed by atoms with van der Waals surface area (Å²) in [6, 6.07) is 8.30. The van der Waals surface area contributed by atoms with Gasteiger partial charge in [0.1, 0.15) is 0 Å². The summed E-state index contributed by atoms with van der Waals surface area (Å²) in [7, 11) is 0. The number of rotatable bonds is 3. The Balaban J connectivity index is 0.00000180. The van der Waals surface area contributed by atoms with E-state index in [2.05, 4.69) is 22.0 Å². The fraction of sp³-hybridized carbons (Fsp3) is 0.462. The van der Waals surface area contributed by atoms with Crippen molar-refractivity contribution in [2.24, 2.45) is 16.5 Å². The molecule has 0 atom stereocenters. The number of nitrogens with zero attached hydrogens (tertiary/aromatic N) is 2. The van der Waals surface area contributed by atoms with E-state index in [4.69, 9.17) is 23.1 Å². The van der Waals surface area contributed by atoms with Crippen LogP contribution in [0.15, 0.2) is 29.3 Å². The smallest absolute Gasteiger partial charge is 0.186 e. The summed E-state index contributed by atoms with van der Waals surface area (Å²) in [6.07, 6.45) is 2.04. The number of nitrogens with two attached hydrogens (primary N) is 2. The Hall–Kier alpha value is -0.530. The molecule has 1 aromatic rings. The van der Waals surface area contributed by atoms with Crippen molar-refractivity contribution in [3.8, 4) is 0 Å². The van der Waals surface area contributed by atoms with Crippen LogP contribution in [0.4, 0.5) is 0 Å². The molecule has 1 aromatic carbocycles. The summed E-state index contributed by atoms with van der Waals surface area (Å²) in [5, 5.41) is 0.783. The molecule has 0 radical (unpaired) electrons. The molecule has 4 N–H and O–H groups in total. The number of benzene rings is 1. The lowest BCUT2D eigenvalue weighted by Gasteiger charge is -2.30. The average Bonchev–Trinajstić information content (AvgIpc) is 2.34. The van der Waals surface area contributed by atoms with Gasteiger partial charge >= 0.3 is 0 Å². The second-order valence-corrected chi connectivity index (χ2v) is 5.12. The van der Waals surface area contributed by atoms with Crippen molar-refractivity contribution >= 4 is 41.5 Å². The average molecular weight is 395 g/mol. The van der Waals surface area contributed by atoms with Gasteiger partial charge < -0.3 is 11.5 Å². The molecule has 0 aliphatic carbocycles. The lowest BCUT2D eigenvalue weighted by molar-refractivity contribution is 0.206. The van der Waals surface area contributed by atoms with Crippen molar-refractivity contribution in [3.63, 3.8) is 0 Å². The first-order valence-electron chi connectivity index (χ1n) is 6.19. The highest BCUT2D eigenvalue weighted by Crippen LogP contribution is 2.17. The van der Waals surface area contributed by atoms with E-state index in [0.29, 0.717) is 0 Å². The number of halogens is 2. The SMILES string of the molecule is I.NC(N)=NC1CCN(Cc2ccc(Cl)cc2)CC1. The second-order valence-electron chi connectivity index (χ2n) is 4.69. The quantitative estimate of drug-likeness (QED) is 0.469. The number of guanidine groups is 1. The fourth-order valence-electron chi connectivity index (χ4n) is 2.27. The summed E-state index contributed by atoms with van der Waals surface area (Å²) in [6.45, 7) is 3.03. The summed E-state index contributed by atoms with van der Waals surface area (Å²) in [5.41, 5.74) is 12.1. The van der Waals surface area contributed by atoms with Gasteiger partial charge in [-0.2, -0.15) is 0 Å². The molecule has 0 bridgehead atoms. The molecule has 1 fully saturated rings. The highest BCUT2D eigenvalue weighted by atomic mass is 127. The predicted octanol–water partition coefficient (Wildman–Crippen LogP) is 2.20. The van der Waals surface area contributed by atoms with Crippen molar-refractivity contribution in [2.45, 2.75) is 25.4 Å². The minimum atomic E-state index is 0. The largest absolute Gasteiger partial charge is 0.370 e. The van der Waals surface area contributed by atoms with Crippen molar-refractivity contribution in [1.82, 2.24) is 4.90 Å². The molecule has 0 amide bonds. The topological polar surface area (TPSA) is 67.6 Å². The van der Waals surface area contributed by atoms with Crippen molar-refractivity contribution in [2.75, 3.05) is 13.1 Å². The first-order chi connectivity index (χ1) is 8.63. The molecule has 0 spiro atoms. The summed E-state index contributed by atoms with van der Waals surface area (Å²) in [4.78, 5) is 6.64.